The molecule has 0 heterocycles. The van der Waals surface area contributed by atoms with Crippen molar-refractivity contribution in [3.8, 4) is 11.1 Å². The van der Waals surface area contributed by atoms with E-state index in [1.165, 1.54) is 16.8 Å². The largest absolute Gasteiger partial charge is 0.389 e. The van der Waals surface area contributed by atoms with E-state index in [0.29, 0.717) is 0 Å². The number of anilines is 1. The van der Waals surface area contributed by atoms with Crippen LogP contribution in [-0.4, -0.2) is 19.2 Å². The molecule has 2 heteroatoms. The SMILES string of the molecule is C[C@H](O)c1ccc(-c2ccc(N(C)C)cc2)cc1. The Hall–Kier alpha value is -1.80. The molecule has 0 aromatic heterocycles. The van der Waals surface area contributed by atoms with E-state index in [9.17, 15) is 5.11 Å². The molecule has 0 spiro atoms. The Labute approximate surface area is 109 Å². The average Bonchev–Trinajstić information content (AvgIpc) is 2.39. The molecule has 0 unspecified atom stereocenters. The van der Waals surface area contributed by atoms with Gasteiger partial charge in [0.25, 0.3) is 0 Å². The van der Waals surface area contributed by atoms with E-state index in [-0.39, 0.29) is 0 Å². The van der Waals surface area contributed by atoms with E-state index in [2.05, 4.69) is 29.2 Å². The fourth-order valence-corrected chi connectivity index (χ4v) is 1.91. The molecule has 0 aliphatic carbocycles. The van der Waals surface area contributed by atoms with Crippen LogP contribution in [-0.2, 0) is 0 Å². The van der Waals surface area contributed by atoms with Gasteiger partial charge in [0.2, 0.25) is 0 Å². The number of hydrogen-bond donors (Lipinski definition) is 1. The molecular formula is C16H19NO. The van der Waals surface area contributed by atoms with Crippen LogP contribution < -0.4 is 4.90 Å². The van der Waals surface area contributed by atoms with Gasteiger partial charge in [0.05, 0.1) is 6.10 Å². The zero-order valence-electron chi connectivity index (χ0n) is 11.1. The fourth-order valence-electron chi connectivity index (χ4n) is 1.91. The van der Waals surface area contributed by atoms with Gasteiger partial charge in [0, 0.05) is 19.8 Å². The lowest BCUT2D eigenvalue weighted by Gasteiger charge is -2.13. The molecule has 0 bridgehead atoms. The molecular weight excluding hydrogens is 222 g/mol. The van der Waals surface area contributed by atoms with Crippen molar-refractivity contribution in [2.45, 2.75) is 13.0 Å². The Morgan fingerprint density at radius 1 is 0.833 bits per heavy atom. The molecule has 18 heavy (non-hydrogen) atoms. The third kappa shape index (κ3) is 2.71. The number of aliphatic hydroxyl groups is 1. The van der Waals surface area contributed by atoms with Gasteiger partial charge in [0.1, 0.15) is 0 Å². The predicted molar refractivity (Wildman–Crippen MR) is 76.8 cm³/mol. The van der Waals surface area contributed by atoms with E-state index in [1.807, 2.05) is 38.4 Å². The molecule has 0 radical (unpaired) electrons. The second-order valence-electron chi connectivity index (χ2n) is 4.74. The first kappa shape index (κ1) is 12.7. The summed E-state index contributed by atoms with van der Waals surface area (Å²) < 4.78 is 0. The summed E-state index contributed by atoms with van der Waals surface area (Å²) in [7, 11) is 4.07. The minimum absolute atomic E-state index is 0.407. The van der Waals surface area contributed by atoms with Crippen LogP contribution in [0.5, 0.6) is 0 Å². The summed E-state index contributed by atoms with van der Waals surface area (Å²) in [6.45, 7) is 1.78. The minimum Gasteiger partial charge on any atom is -0.389 e. The molecule has 0 fully saturated rings. The Kier molecular flexibility index (Phi) is 3.68. The van der Waals surface area contributed by atoms with Crippen LogP contribution in [0.15, 0.2) is 48.5 Å². The molecule has 1 N–H and O–H groups in total. The lowest BCUT2D eigenvalue weighted by molar-refractivity contribution is 0.199. The van der Waals surface area contributed by atoms with E-state index >= 15 is 0 Å². The van der Waals surface area contributed by atoms with Gasteiger partial charge >= 0.3 is 0 Å². The van der Waals surface area contributed by atoms with Gasteiger partial charge in [-0.25, -0.2) is 0 Å². The van der Waals surface area contributed by atoms with Gasteiger partial charge in [-0.3, -0.25) is 0 Å². The Balaban J connectivity index is 2.25. The highest BCUT2D eigenvalue weighted by Gasteiger charge is 2.02. The van der Waals surface area contributed by atoms with Crippen LogP contribution in [0.2, 0.25) is 0 Å². The average molecular weight is 241 g/mol. The maximum atomic E-state index is 9.48. The number of nitrogens with zero attached hydrogens (tertiary/aromatic N) is 1. The Bertz CT molecular complexity index is 448. The molecule has 0 saturated carbocycles. The first-order valence-corrected chi connectivity index (χ1v) is 6.13. The monoisotopic (exact) mass is 241 g/mol. The van der Waals surface area contributed by atoms with Crippen LogP contribution in [0.25, 0.3) is 11.1 Å². The van der Waals surface area contributed by atoms with Crippen LogP contribution in [0.4, 0.5) is 5.69 Å². The van der Waals surface area contributed by atoms with E-state index in [4.69, 9.17) is 0 Å². The Morgan fingerprint density at radius 3 is 1.67 bits per heavy atom. The van der Waals surface area contributed by atoms with Crippen molar-refractivity contribution in [3.63, 3.8) is 0 Å². The maximum Gasteiger partial charge on any atom is 0.0761 e. The normalized spacial score (nSPS) is 12.2. The van der Waals surface area contributed by atoms with Gasteiger partial charge in [-0.05, 0) is 35.7 Å². The van der Waals surface area contributed by atoms with Crippen LogP contribution in [0.1, 0.15) is 18.6 Å². The number of hydrogen-bond acceptors (Lipinski definition) is 2. The summed E-state index contributed by atoms with van der Waals surface area (Å²) in [5.74, 6) is 0. The molecule has 2 aromatic carbocycles. The van der Waals surface area contributed by atoms with E-state index in [0.717, 1.165) is 5.56 Å². The minimum atomic E-state index is -0.407. The predicted octanol–water partition coefficient (Wildman–Crippen LogP) is 3.47. The summed E-state index contributed by atoms with van der Waals surface area (Å²) in [4.78, 5) is 2.08. The highest BCUT2D eigenvalue weighted by atomic mass is 16.3. The summed E-state index contributed by atoms with van der Waals surface area (Å²) in [6.07, 6.45) is -0.407. The first-order chi connectivity index (χ1) is 8.58. The van der Waals surface area contributed by atoms with Gasteiger partial charge in [-0.15, -0.1) is 0 Å². The van der Waals surface area contributed by atoms with Gasteiger partial charge in [-0.2, -0.15) is 0 Å². The van der Waals surface area contributed by atoms with Crippen molar-refractivity contribution in [1.82, 2.24) is 0 Å². The van der Waals surface area contributed by atoms with Crippen LogP contribution >= 0.6 is 0 Å². The van der Waals surface area contributed by atoms with Crippen molar-refractivity contribution in [3.05, 3.63) is 54.1 Å². The molecule has 0 aliphatic heterocycles. The quantitative estimate of drug-likeness (QED) is 0.889. The van der Waals surface area contributed by atoms with E-state index < -0.39 is 6.10 Å². The maximum absolute atomic E-state index is 9.48. The second-order valence-corrected chi connectivity index (χ2v) is 4.74. The van der Waals surface area contributed by atoms with Gasteiger partial charge in [0.15, 0.2) is 0 Å². The Morgan fingerprint density at radius 2 is 1.28 bits per heavy atom. The summed E-state index contributed by atoms with van der Waals surface area (Å²) in [6, 6.07) is 16.5. The number of aliphatic hydroxyl groups excluding tert-OH is 1. The number of benzene rings is 2. The smallest absolute Gasteiger partial charge is 0.0761 e. The third-order valence-electron chi connectivity index (χ3n) is 3.11. The zero-order chi connectivity index (χ0) is 13.1. The zero-order valence-corrected chi connectivity index (χ0v) is 11.1. The number of rotatable bonds is 3. The lowest BCUT2D eigenvalue weighted by atomic mass is 10.0. The highest BCUT2D eigenvalue weighted by molar-refractivity contribution is 5.66. The highest BCUT2D eigenvalue weighted by Crippen LogP contribution is 2.24. The molecule has 1 atom stereocenters. The third-order valence-corrected chi connectivity index (χ3v) is 3.11. The fraction of sp³-hybridized carbons (Fsp3) is 0.250. The van der Waals surface area contributed by atoms with Gasteiger partial charge < -0.3 is 10.0 Å². The summed E-state index contributed by atoms with van der Waals surface area (Å²) in [5.41, 5.74) is 4.51. The van der Waals surface area contributed by atoms with Crippen molar-refractivity contribution in [2.75, 3.05) is 19.0 Å². The van der Waals surface area contributed by atoms with Crippen molar-refractivity contribution in [2.24, 2.45) is 0 Å². The molecule has 0 aliphatic rings. The van der Waals surface area contributed by atoms with E-state index in [1.54, 1.807) is 6.92 Å². The lowest BCUT2D eigenvalue weighted by Crippen LogP contribution is -2.07. The van der Waals surface area contributed by atoms with Crippen LogP contribution in [0, 0.1) is 0 Å². The molecule has 0 amide bonds. The first-order valence-electron chi connectivity index (χ1n) is 6.13. The van der Waals surface area contributed by atoms with Crippen molar-refractivity contribution < 1.29 is 5.11 Å². The standard InChI is InChI=1S/C16H19NO/c1-12(18)13-4-6-14(7-5-13)15-8-10-16(11-9-15)17(2)3/h4-12,18H,1-3H3/t12-/m0/s1. The summed E-state index contributed by atoms with van der Waals surface area (Å²) in [5, 5.41) is 9.48. The molecule has 2 rings (SSSR count). The van der Waals surface area contributed by atoms with Crippen LogP contribution in [0.3, 0.4) is 0 Å². The molecule has 0 saturated heterocycles. The topological polar surface area (TPSA) is 23.5 Å². The molecule has 2 nitrogen and oxygen atoms in total. The van der Waals surface area contributed by atoms with Crippen molar-refractivity contribution in [1.29, 1.82) is 0 Å². The summed E-state index contributed by atoms with van der Waals surface area (Å²) >= 11 is 0. The second kappa shape index (κ2) is 5.23. The van der Waals surface area contributed by atoms with Crippen molar-refractivity contribution >= 4 is 5.69 Å². The molecule has 94 valence electrons. The van der Waals surface area contributed by atoms with Gasteiger partial charge in [-0.1, -0.05) is 36.4 Å². The molecule has 2 aromatic rings.